The maximum absolute atomic E-state index is 13.1. The van der Waals surface area contributed by atoms with Gasteiger partial charge in [0.15, 0.2) is 0 Å². The number of amides is 2. The topological polar surface area (TPSA) is 104 Å². The number of carbonyl (C=O) groups excluding carboxylic acids is 2. The van der Waals surface area contributed by atoms with Crippen LogP contribution in [0.2, 0.25) is 5.02 Å². The first-order valence-corrected chi connectivity index (χ1v) is 14.7. The van der Waals surface area contributed by atoms with Crippen LogP contribution < -0.4 is 10.6 Å². The molecule has 0 aliphatic heterocycles. The minimum atomic E-state index is -0.575. The van der Waals surface area contributed by atoms with Crippen molar-refractivity contribution in [3.63, 3.8) is 0 Å². The molecule has 1 heterocycles. The normalized spacial score (nSPS) is 25.9. The van der Waals surface area contributed by atoms with Gasteiger partial charge in [0.2, 0.25) is 0 Å². The zero-order valence-electron chi connectivity index (χ0n) is 23.2. The van der Waals surface area contributed by atoms with E-state index in [-0.39, 0.29) is 24.5 Å². The highest BCUT2D eigenvalue weighted by atomic mass is 35.5. The van der Waals surface area contributed by atoms with E-state index in [4.69, 9.17) is 16.3 Å². The number of aromatic nitrogens is 1. The van der Waals surface area contributed by atoms with Crippen molar-refractivity contribution in [1.82, 2.24) is 20.5 Å². The molecule has 0 radical (unpaired) electrons. The van der Waals surface area contributed by atoms with Crippen molar-refractivity contribution in [3.8, 4) is 0 Å². The van der Waals surface area contributed by atoms with Crippen molar-refractivity contribution in [3.05, 3.63) is 28.5 Å². The van der Waals surface area contributed by atoms with Crippen molar-refractivity contribution >= 4 is 23.6 Å². The highest BCUT2D eigenvalue weighted by molar-refractivity contribution is 6.33. The maximum atomic E-state index is 13.1. The smallest absolute Gasteiger partial charge is 0.410 e. The van der Waals surface area contributed by atoms with E-state index in [1.165, 1.54) is 43.4 Å². The third-order valence-corrected chi connectivity index (χ3v) is 8.61. The van der Waals surface area contributed by atoms with Crippen LogP contribution in [0.25, 0.3) is 0 Å². The number of nitrogens with zero attached hydrogens (tertiary/aromatic N) is 2. The van der Waals surface area contributed by atoms with Crippen molar-refractivity contribution in [2.75, 3.05) is 39.3 Å². The van der Waals surface area contributed by atoms with Crippen LogP contribution in [0.15, 0.2) is 12.3 Å². The molecular weight excluding hydrogens is 504 g/mol. The molecule has 0 aromatic carbocycles. The summed E-state index contributed by atoms with van der Waals surface area (Å²) >= 11 is 6.37. The van der Waals surface area contributed by atoms with Gasteiger partial charge in [-0.2, -0.15) is 0 Å². The molecule has 1 aromatic rings. The summed E-state index contributed by atoms with van der Waals surface area (Å²) in [6.45, 7) is 8.12. The summed E-state index contributed by atoms with van der Waals surface area (Å²) < 4.78 is 5.40. The average Bonchev–Trinajstić information content (AvgIpc) is 2.83. The van der Waals surface area contributed by atoms with E-state index in [1.807, 2.05) is 26.8 Å². The van der Waals surface area contributed by atoms with E-state index in [0.29, 0.717) is 30.1 Å². The number of ether oxygens (including phenoxy) is 1. The molecule has 0 spiro atoms. The lowest BCUT2D eigenvalue weighted by Gasteiger charge is -2.56. The molecule has 9 heteroatoms. The first kappa shape index (κ1) is 29.1. The van der Waals surface area contributed by atoms with Crippen LogP contribution in [-0.4, -0.2) is 71.9 Å². The van der Waals surface area contributed by atoms with Crippen LogP contribution in [0, 0.1) is 23.2 Å². The minimum Gasteiger partial charge on any atom is -0.444 e. The molecule has 2 amide bonds. The molecule has 4 aliphatic carbocycles. The lowest BCUT2D eigenvalue weighted by atomic mass is 9.49. The zero-order valence-corrected chi connectivity index (χ0v) is 24.0. The van der Waals surface area contributed by atoms with Gasteiger partial charge >= 0.3 is 6.09 Å². The van der Waals surface area contributed by atoms with Gasteiger partial charge in [-0.15, -0.1) is 0 Å². The molecular formula is C29H45ClN4O4. The third-order valence-electron chi connectivity index (χ3n) is 8.31. The fourth-order valence-electron chi connectivity index (χ4n) is 7.14. The summed E-state index contributed by atoms with van der Waals surface area (Å²) in [7, 11) is 0. The number of aliphatic hydroxyl groups excluding tert-OH is 1. The van der Waals surface area contributed by atoms with Crippen LogP contribution in [0.5, 0.6) is 0 Å². The molecule has 4 saturated carbocycles. The number of hydrogen-bond donors (Lipinski definition) is 3. The predicted molar refractivity (Wildman–Crippen MR) is 148 cm³/mol. The summed E-state index contributed by atoms with van der Waals surface area (Å²) in [5.74, 6) is 2.48. The molecule has 0 unspecified atom stereocenters. The number of nitrogens with one attached hydrogen (secondary N) is 2. The Balaban J connectivity index is 1.20. The molecule has 38 heavy (non-hydrogen) atoms. The Hall–Kier alpha value is -1.90. The number of aliphatic hydroxyl groups is 1. The molecule has 4 fully saturated rings. The van der Waals surface area contributed by atoms with E-state index >= 15 is 0 Å². The summed E-state index contributed by atoms with van der Waals surface area (Å²) in [5, 5.41) is 16.2. The molecule has 5 rings (SSSR count). The molecule has 4 aliphatic rings. The highest BCUT2D eigenvalue weighted by Gasteiger charge is 2.50. The summed E-state index contributed by atoms with van der Waals surface area (Å²) in [6.07, 6.45) is 10.7. The number of hydrogen-bond acceptors (Lipinski definition) is 6. The Kier molecular flexibility index (Phi) is 9.58. The van der Waals surface area contributed by atoms with Gasteiger partial charge in [-0.3, -0.25) is 9.78 Å². The highest BCUT2D eigenvalue weighted by Crippen LogP contribution is 2.59. The van der Waals surface area contributed by atoms with Crippen LogP contribution in [0.3, 0.4) is 0 Å². The van der Waals surface area contributed by atoms with E-state index in [9.17, 15) is 14.7 Å². The molecule has 0 saturated heterocycles. The minimum absolute atomic E-state index is 0.0985. The molecule has 1 aromatic heterocycles. The van der Waals surface area contributed by atoms with Crippen LogP contribution in [0.1, 0.15) is 81.8 Å². The average molecular weight is 549 g/mol. The Labute approximate surface area is 232 Å². The number of halogens is 1. The molecule has 212 valence electrons. The molecule has 0 atom stereocenters. The number of rotatable bonds is 12. The second-order valence-electron chi connectivity index (χ2n) is 12.8. The van der Waals surface area contributed by atoms with Gasteiger partial charge in [-0.1, -0.05) is 11.6 Å². The van der Waals surface area contributed by atoms with Gasteiger partial charge < -0.3 is 25.4 Å². The van der Waals surface area contributed by atoms with E-state index in [2.05, 4.69) is 15.6 Å². The fourth-order valence-corrected chi connectivity index (χ4v) is 7.33. The van der Waals surface area contributed by atoms with Gasteiger partial charge in [0.25, 0.3) is 5.91 Å². The predicted octanol–water partition coefficient (Wildman–Crippen LogP) is 4.43. The van der Waals surface area contributed by atoms with Crippen LogP contribution in [0.4, 0.5) is 4.79 Å². The standard InChI is InChI=1S/C29H45ClN4O4/c1-28(2,3)38-27(37)34(9-10-35)8-7-31-6-4-5-23-14-24(25(30)18-32-23)26(36)33-19-29-15-20-11-21(16-29)13-22(12-20)17-29/h14,18,20-22,31,35H,4-13,15-17,19H2,1-3H3,(H,33,36). The van der Waals surface area contributed by atoms with Gasteiger partial charge in [-0.05, 0) is 108 Å². The van der Waals surface area contributed by atoms with Crippen molar-refractivity contribution < 1.29 is 19.4 Å². The lowest BCUT2D eigenvalue weighted by Crippen LogP contribution is -2.51. The largest absolute Gasteiger partial charge is 0.444 e. The summed E-state index contributed by atoms with van der Waals surface area (Å²) in [5.41, 5.74) is 1.06. The molecule has 4 bridgehead atoms. The molecule has 8 nitrogen and oxygen atoms in total. The number of pyridine rings is 1. The van der Waals surface area contributed by atoms with Gasteiger partial charge in [0, 0.05) is 38.1 Å². The lowest BCUT2D eigenvalue weighted by molar-refractivity contribution is -0.0503. The van der Waals surface area contributed by atoms with Gasteiger partial charge in [-0.25, -0.2) is 4.79 Å². The van der Waals surface area contributed by atoms with Crippen LogP contribution >= 0.6 is 11.6 Å². The summed E-state index contributed by atoms with van der Waals surface area (Å²) in [6, 6.07) is 1.82. The first-order valence-electron chi connectivity index (χ1n) is 14.3. The Morgan fingerprint density at radius 3 is 2.39 bits per heavy atom. The third kappa shape index (κ3) is 7.82. The Morgan fingerprint density at radius 1 is 1.13 bits per heavy atom. The zero-order chi connectivity index (χ0) is 27.3. The van der Waals surface area contributed by atoms with E-state index in [1.54, 1.807) is 6.20 Å². The van der Waals surface area contributed by atoms with Gasteiger partial charge in [0.1, 0.15) is 5.60 Å². The SMILES string of the molecule is CC(C)(C)OC(=O)N(CCO)CCNCCCc1cc(C(=O)NCC23CC4CC(CC(C4)C2)C3)c(Cl)cn1. The Morgan fingerprint density at radius 2 is 1.79 bits per heavy atom. The summed E-state index contributed by atoms with van der Waals surface area (Å²) in [4.78, 5) is 31.3. The monoisotopic (exact) mass is 548 g/mol. The number of carbonyl (C=O) groups is 2. The Bertz CT molecular complexity index is 945. The van der Waals surface area contributed by atoms with Crippen LogP contribution in [-0.2, 0) is 11.2 Å². The second kappa shape index (κ2) is 12.5. The van der Waals surface area contributed by atoms with Crippen molar-refractivity contribution in [2.45, 2.75) is 77.7 Å². The van der Waals surface area contributed by atoms with Crippen molar-refractivity contribution in [2.24, 2.45) is 23.2 Å². The maximum Gasteiger partial charge on any atom is 0.410 e. The quantitative estimate of drug-likeness (QED) is 0.334. The molecule has 3 N–H and O–H groups in total. The van der Waals surface area contributed by atoms with E-state index < -0.39 is 11.7 Å². The van der Waals surface area contributed by atoms with Gasteiger partial charge in [0.05, 0.1) is 17.2 Å². The number of aryl methyl sites for hydroxylation is 1. The second-order valence-corrected chi connectivity index (χ2v) is 13.2. The van der Waals surface area contributed by atoms with Crippen molar-refractivity contribution in [1.29, 1.82) is 0 Å². The first-order chi connectivity index (χ1) is 18.1. The fraction of sp³-hybridized carbons (Fsp3) is 0.759. The van der Waals surface area contributed by atoms with E-state index in [0.717, 1.165) is 43.0 Å².